The topological polar surface area (TPSA) is 28.5 Å². The van der Waals surface area contributed by atoms with Crippen molar-refractivity contribution in [1.29, 1.82) is 0 Å². The number of likely N-dealkylation sites (N-methyl/N-ethyl adjacent to an activating group) is 1. The van der Waals surface area contributed by atoms with Crippen molar-refractivity contribution < 1.29 is 4.79 Å². The highest BCUT2D eigenvalue weighted by molar-refractivity contribution is 14.1. The molecule has 128 valence electrons. The summed E-state index contributed by atoms with van der Waals surface area (Å²) in [4.78, 5) is 17.3. The number of hydrogen-bond acceptors (Lipinski definition) is 2. The maximum Gasteiger partial charge on any atom is 0.242 e. The fourth-order valence-corrected chi connectivity index (χ4v) is 4.61. The molecule has 0 N–H and O–H groups in total. The number of halogens is 1. The van der Waals surface area contributed by atoms with Crippen LogP contribution in [-0.2, 0) is 24.3 Å². The summed E-state index contributed by atoms with van der Waals surface area (Å²) >= 11 is 2.38. The number of rotatable bonds is 2. The lowest BCUT2D eigenvalue weighted by Gasteiger charge is -2.28. The Bertz CT molecular complexity index is 777. The Morgan fingerprint density at radius 2 is 1.96 bits per heavy atom. The van der Waals surface area contributed by atoms with Crippen molar-refractivity contribution in [3.63, 3.8) is 0 Å². The molecule has 2 aromatic rings. The zero-order valence-electron chi connectivity index (χ0n) is 14.2. The van der Waals surface area contributed by atoms with E-state index in [1.165, 1.54) is 32.2 Å². The number of fused-ring (bicyclic) bond motifs is 3. The van der Waals surface area contributed by atoms with Crippen molar-refractivity contribution in [1.82, 2.24) is 14.4 Å². The average molecular weight is 437 g/mol. The molecule has 0 saturated carbocycles. The van der Waals surface area contributed by atoms with Crippen molar-refractivity contribution in [2.24, 2.45) is 0 Å². The van der Waals surface area contributed by atoms with Crippen LogP contribution < -0.4 is 0 Å². The lowest BCUT2D eigenvalue weighted by Crippen LogP contribution is -2.38. The second kappa shape index (κ2) is 6.67. The molecule has 24 heavy (non-hydrogen) atoms. The summed E-state index contributed by atoms with van der Waals surface area (Å²) in [6, 6.07) is 6.62. The summed E-state index contributed by atoms with van der Waals surface area (Å²) in [5, 5.41) is 1.33. The first kappa shape index (κ1) is 16.4. The number of benzene rings is 1. The van der Waals surface area contributed by atoms with E-state index < -0.39 is 0 Å². The van der Waals surface area contributed by atoms with Crippen LogP contribution >= 0.6 is 22.6 Å². The maximum atomic E-state index is 12.8. The summed E-state index contributed by atoms with van der Waals surface area (Å²) in [7, 11) is 2.18. The summed E-state index contributed by atoms with van der Waals surface area (Å²) < 4.78 is 3.56. The molecule has 1 aromatic heterocycles. The van der Waals surface area contributed by atoms with Crippen LogP contribution in [0.15, 0.2) is 18.2 Å². The molecule has 0 atom stereocenters. The van der Waals surface area contributed by atoms with Gasteiger partial charge in [-0.1, -0.05) is 0 Å². The van der Waals surface area contributed by atoms with Gasteiger partial charge in [-0.2, -0.15) is 0 Å². The predicted molar refractivity (Wildman–Crippen MR) is 105 cm³/mol. The van der Waals surface area contributed by atoms with Crippen LogP contribution in [0.5, 0.6) is 0 Å². The SMILES string of the molecule is CN1CCc2c(c3cc(I)ccc3n2CC(=O)N2CCCCC2)C1. The molecular weight excluding hydrogens is 413 g/mol. The van der Waals surface area contributed by atoms with Crippen LogP contribution in [0.2, 0.25) is 0 Å². The van der Waals surface area contributed by atoms with Gasteiger partial charge < -0.3 is 14.4 Å². The summed E-state index contributed by atoms with van der Waals surface area (Å²) in [6.07, 6.45) is 4.60. The highest BCUT2D eigenvalue weighted by Crippen LogP contribution is 2.32. The number of amides is 1. The van der Waals surface area contributed by atoms with E-state index in [2.05, 4.69) is 62.2 Å². The Morgan fingerprint density at radius 1 is 1.17 bits per heavy atom. The summed E-state index contributed by atoms with van der Waals surface area (Å²) in [5.41, 5.74) is 4.01. The number of piperidine rings is 1. The predicted octanol–water partition coefficient (Wildman–Crippen LogP) is 3.25. The van der Waals surface area contributed by atoms with E-state index in [4.69, 9.17) is 0 Å². The average Bonchev–Trinajstić information content (AvgIpc) is 2.88. The number of hydrogen-bond donors (Lipinski definition) is 0. The van der Waals surface area contributed by atoms with Gasteiger partial charge in [-0.25, -0.2) is 0 Å². The van der Waals surface area contributed by atoms with Crippen molar-refractivity contribution in [3.05, 3.63) is 33.0 Å². The van der Waals surface area contributed by atoms with Crippen LogP contribution in [0, 0.1) is 3.57 Å². The molecule has 0 unspecified atom stereocenters. The molecule has 0 bridgehead atoms. The molecule has 2 aliphatic rings. The first-order valence-corrected chi connectivity index (χ1v) is 9.97. The fraction of sp³-hybridized carbons (Fsp3) is 0.526. The first-order chi connectivity index (χ1) is 11.6. The van der Waals surface area contributed by atoms with Crippen molar-refractivity contribution >= 4 is 39.4 Å². The molecule has 3 heterocycles. The van der Waals surface area contributed by atoms with E-state index in [0.717, 1.165) is 45.4 Å². The van der Waals surface area contributed by atoms with Crippen LogP contribution in [0.3, 0.4) is 0 Å². The highest BCUT2D eigenvalue weighted by atomic mass is 127. The minimum atomic E-state index is 0.284. The molecule has 1 amide bonds. The zero-order chi connectivity index (χ0) is 16.7. The number of aromatic nitrogens is 1. The molecule has 5 heteroatoms. The van der Waals surface area contributed by atoms with Gasteiger partial charge in [-0.15, -0.1) is 0 Å². The largest absolute Gasteiger partial charge is 0.341 e. The number of nitrogens with zero attached hydrogens (tertiary/aromatic N) is 3. The minimum absolute atomic E-state index is 0.284. The van der Waals surface area contributed by atoms with Gasteiger partial charge in [-0.3, -0.25) is 4.79 Å². The van der Waals surface area contributed by atoms with Gasteiger partial charge in [0.2, 0.25) is 5.91 Å². The molecule has 4 nitrogen and oxygen atoms in total. The Kier molecular flexibility index (Phi) is 4.56. The van der Waals surface area contributed by atoms with Gasteiger partial charge in [0.05, 0.1) is 0 Å². The number of carbonyl (C=O) groups is 1. The van der Waals surface area contributed by atoms with E-state index >= 15 is 0 Å². The molecule has 0 radical (unpaired) electrons. The molecule has 1 saturated heterocycles. The van der Waals surface area contributed by atoms with Crippen LogP contribution in [-0.4, -0.2) is 47.0 Å². The van der Waals surface area contributed by atoms with Crippen LogP contribution in [0.4, 0.5) is 0 Å². The van der Waals surface area contributed by atoms with Crippen LogP contribution in [0.25, 0.3) is 10.9 Å². The second-order valence-electron chi connectivity index (χ2n) is 7.10. The monoisotopic (exact) mass is 437 g/mol. The van der Waals surface area contributed by atoms with Gasteiger partial charge in [0.1, 0.15) is 6.54 Å². The van der Waals surface area contributed by atoms with E-state index in [-0.39, 0.29) is 5.91 Å². The Morgan fingerprint density at radius 3 is 2.75 bits per heavy atom. The molecule has 1 aromatic carbocycles. The van der Waals surface area contributed by atoms with E-state index in [0.29, 0.717) is 6.54 Å². The van der Waals surface area contributed by atoms with Crippen molar-refractivity contribution in [2.45, 2.75) is 38.8 Å². The standard InChI is InChI=1S/C19H24IN3O/c1-21-10-7-18-16(12-21)15-11-14(20)5-6-17(15)23(18)13-19(24)22-8-3-2-4-9-22/h5-6,11H,2-4,7-10,12-13H2,1H3. The third-order valence-electron chi connectivity index (χ3n) is 5.41. The Balaban J connectivity index is 1.73. The maximum absolute atomic E-state index is 12.8. The van der Waals surface area contributed by atoms with Gasteiger partial charge in [0.25, 0.3) is 0 Å². The minimum Gasteiger partial charge on any atom is -0.341 e. The molecular formula is C19H24IN3O. The third kappa shape index (κ3) is 2.96. The van der Waals surface area contributed by atoms with Crippen molar-refractivity contribution in [3.8, 4) is 0 Å². The molecule has 0 spiro atoms. The van der Waals surface area contributed by atoms with Gasteiger partial charge in [-0.05, 0) is 72.7 Å². The van der Waals surface area contributed by atoms with E-state index in [1.807, 2.05) is 0 Å². The van der Waals surface area contributed by atoms with Gasteiger partial charge >= 0.3 is 0 Å². The van der Waals surface area contributed by atoms with Crippen LogP contribution in [0.1, 0.15) is 30.5 Å². The van der Waals surface area contributed by atoms with Gasteiger partial charge in [0.15, 0.2) is 0 Å². The lowest BCUT2D eigenvalue weighted by molar-refractivity contribution is -0.132. The molecule has 4 rings (SSSR count). The zero-order valence-corrected chi connectivity index (χ0v) is 16.4. The summed E-state index contributed by atoms with van der Waals surface area (Å²) in [6.45, 7) is 4.41. The normalized spacial score (nSPS) is 18.8. The Labute approximate surface area is 156 Å². The molecule has 2 aliphatic heterocycles. The van der Waals surface area contributed by atoms with Crippen molar-refractivity contribution in [2.75, 3.05) is 26.7 Å². The van der Waals surface area contributed by atoms with E-state index in [9.17, 15) is 4.79 Å². The molecule has 1 fully saturated rings. The smallest absolute Gasteiger partial charge is 0.242 e. The quantitative estimate of drug-likeness (QED) is 0.676. The lowest BCUT2D eigenvalue weighted by atomic mass is 10.1. The number of carbonyl (C=O) groups excluding carboxylic acids is 1. The van der Waals surface area contributed by atoms with E-state index in [1.54, 1.807) is 0 Å². The summed E-state index contributed by atoms with van der Waals surface area (Å²) in [5.74, 6) is 0.284. The Hall–Kier alpha value is -1.08. The fourth-order valence-electron chi connectivity index (χ4n) is 4.12. The first-order valence-electron chi connectivity index (χ1n) is 8.89. The third-order valence-corrected chi connectivity index (χ3v) is 6.08. The highest BCUT2D eigenvalue weighted by Gasteiger charge is 2.25. The van der Waals surface area contributed by atoms with Gasteiger partial charge in [0, 0.05) is 52.8 Å². The number of likely N-dealkylation sites (tertiary alicyclic amines) is 1. The second-order valence-corrected chi connectivity index (χ2v) is 8.35. The molecule has 0 aliphatic carbocycles.